The molecule has 2 heterocycles. The topological polar surface area (TPSA) is 59.7 Å². The van der Waals surface area contributed by atoms with Crippen molar-refractivity contribution < 1.29 is 9.53 Å². The number of benzene rings is 2. The van der Waals surface area contributed by atoms with Crippen LogP contribution >= 0.6 is 0 Å². The van der Waals surface area contributed by atoms with E-state index in [1.165, 1.54) is 17.3 Å². The highest BCUT2D eigenvalue weighted by Crippen LogP contribution is 2.22. The first-order chi connectivity index (χ1) is 14.3. The molecule has 0 fully saturated rings. The zero-order valence-corrected chi connectivity index (χ0v) is 16.2. The van der Waals surface area contributed by atoms with Gasteiger partial charge in [0.2, 0.25) is 0 Å². The number of nitrogens with zero attached hydrogens (tertiary/aromatic N) is 4. The second kappa shape index (κ2) is 8.56. The summed E-state index contributed by atoms with van der Waals surface area (Å²) >= 11 is 0. The summed E-state index contributed by atoms with van der Waals surface area (Å²) in [7, 11) is 0. The summed E-state index contributed by atoms with van der Waals surface area (Å²) in [5.74, 6) is 0.447. The molecule has 0 N–H and O–H groups in total. The maximum atomic E-state index is 12.3. The van der Waals surface area contributed by atoms with Gasteiger partial charge in [0.05, 0.1) is 12.8 Å². The van der Waals surface area contributed by atoms with E-state index in [4.69, 9.17) is 4.74 Å². The van der Waals surface area contributed by atoms with E-state index in [9.17, 15) is 4.79 Å². The fraction of sp³-hybridized carbons (Fsp3) is 0.174. The van der Waals surface area contributed by atoms with Crippen LogP contribution in [0.2, 0.25) is 0 Å². The Morgan fingerprint density at radius 1 is 0.966 bits per heavy atom. The third-order valence-electron chi connectivity index (χ3n) is 4.63. The Kier molecular flexibility index (Phi) is 5.52. The van der Waals surface area contributed by atoms with Crippen molar-refractivity contribution in [2.24, 2.45) is 0 Å². The van der Waals surface area contributed by atoms with Gasteiger partial charge in [-0.2, -0.15) is 9.61 Å². The van der Waals surface area contributed by atoms with E-state index in [2.05, 4.69) is 39.2 Å². The molecule has 0 bridgehead atoms. The van der Waals surface area contributed by atoms with Crippen molar-refractivity contribution in [1.82, 2.24) is 14.6 Å². The molecule has 0 aliphatic carbocycles. The van der Waals surface area contributed by atoms with Crippen molar-refractivity contribution in [3.8, 4) is 0 Å². The van der Waals surface area contributed by atoms with Crippen molar-refractivity contribution in [3.63, 3.8) is 0 Å². The molecule has 0 amide bonds. The number of esters is 1. The summed E-state index contributed by atoms with van der Waals surface area (Å²) in [4.78, 5) is 18.9. The molecule has 0 aliphatic heterocycles. The van der Waals surface area contributed by atoms with Crippen molar-refractivity contribution in [3.05, 3.63) is 95.8 Å². The van der Waals surface area contributed by atoms with Gasteiger partial charge < -0.3 is 9.64 Å². The Morgan fingerprint density at radius 3 is 2.17 bits per heavy atom. The minimum Gasteiger partial charge on any atom is -0.462 e. The normalized spacial score (nSPS) is 10.8. The van der Waals surface area contributed by atoms with Gasteiger partial charge in [-0.15, -0.1) is 0 Å². The molecule has 0 unspecified atom stereocenters. The van der Waals surface area contributed by atoms with Gasteiger partial charge in [0.15, 0.2) is 5.65 Å². The van der Waals surface area contributed by atoms with Gasteiger partial charge in [0.25, 0.3) is 0 Å². The Bertz CT molecular complexity index is 1050. The zero-order valence-electron chi connectivity index (χ0n) is 16.2. The van der Waals surface area contributed by atoms with E-state index in [0.29, 0.717) is 30.9 Å². The average molecular weight is 386 g/mol. The highest BCUT2D eigenvalue weighted by Gasteiger charge is 2.19. The maximum Gasteiger partial charge on any atom is 0.343 e. The number of anilines is 1. The average Bonchev–Trinajstić information content (AvgIpc) is 3.19. The van der Waals surface area contributed by atoms with E-state index < -0.39 is 5.97 Å². The predicted molar refractivity (Wildman–Crippen MR) is 112 cm³/mol. The Labute approximate surface area is 169 Å². The first-order valence-corrected chi connectivity index (χ1v) is 9.59. The van der Waals surface area contributed by atoms with Crippen LogP contribution in [0, 0.1) is 0 Å². The van der Waals surface area contributed by atoms with Crippen LogP contribution in [0.5, 0.6) is 0 Å². The molecule has 4 aromatic rings. The molecule has 146 valence electrons. The van der Waals surface area contributed by atoms with Crippen LogP contribution in [0.1, 0.15) is 28.4 Å². The maximum absolute atomic E-state index is 12.3. The number of ether oxygens (including phenoxy) is 1. The summed E-state index contributed by atoms with van der Waals surface area (Å²) in [5, 5.41) is 4.44. The van der Waals surface area contributed by atoms with Crippen LogP contribution in [0.15, 0.2) is 79.1 Å². The molecular weight excluding hydrogens is 364 g/mol. The number of fused-ring (bicyclic) bond motifs is 1. The number of rotatable bonds is 7. The number of hydrogen-bond acceptors (Lipinski definition) is 5. The summed E-state index contributed by atoms with van der Waals surface area (Å²) < 4.78 is 6.85. The first kappa shape index (κ1) is 18.7. The van der Waals surface area contributed by atoms with Crippen molar-refractivity contribution in [1.29, 1.82) is 0 Å². The highest BCUT2D eigenvalue weighted by molar-refractivity contribution is 5.95. The summed E-state index contributed by atoms with van der Waals surface area (Å²) in [6.45, 7) is 3.49. The van der Waals surface area contributed by atoms with Gasteiger partial charge in [-0.3, -0.25) is 0 Å². The zero-order chi connectivity index (χ0) is 20.1. The number of carbonyl (C=O) groups is 1. The highest BCUT2D eigenvalue weighted by atomic mass is 16.5. The molecule has 29 heavy (non-hydrogen) atoms. The van der Waals surface area contributed by atoms with Crippen LogP contribution in [0.3, 0.4) is 0 Å². The number of aromatic nitrogens is 3. The van der Waals surface area contributed by atoms with Crippen molar-refractivity contribution in [2.45, 2.75) is 20.0 Å². The fourth-order valence-electron chi connectivity index (χ4n) is 3.30. The number of carbonyl (C=O) groups excluding carboxylic acids is 1. The van der Waals surface area contributed by atoms with Gasteiger partial charge >= 0.3 is 5.97 Å². The van der Waals surface area contributed by atoms with E-state index in [0.717, 1.165) is 5.82 Å². The predicted octanol–water partition coefficient (Wildman–Crippen LogP) is 4.11. The van der Waals surface area contributed by atoms with E-state index >= 15 is 0 Å². The molecule has 2 aromatic heterocycles. The molecule has 0 saturated heterocycles. The summed E-state index contributed by atoms with van der Waals surface area (Å²) in [6.07, 6.45) is 3.23. The summed E-state index contributed by atoms with van der Waals surface area (Å²) in [6, 6.07) is 22.5. The molecule has 6 nitrogen and oxygen atoms in total. The van der Waals surface area contributed by atoms with Gasteiger partial charge in [0.1, 0.15) is 11.4 Å². The molecule has 0 spiro atoms. The lowest BCUT2D eigenvalue weighted by Gasteiger charge is -2.25. The lowest BCUT2D eigenvalue weighted by atomic mass is 10.1. The third kappa shape index (κ3) is 4.11. The van der Waals surface area contributed by atoms with Crippen LogP contribution in [-0.2, 0) is 17.8 Å². The molecule has 0 aliphatic rings. The smallest absolute Gasteiger partial charge is 0.343 e. The standard InChI is InChI=1S/C23H22N4O2/c1-2-29-23(28)20-15-25-27-21(13-14-24-22(20)27)26(16-18-9-5-3-6-10-18)17-19-11-7-4-8-12-19/h3-15H,2,16-17H2,1H3. The molecule has 0 atom stereocenters. The van der Waals surface area contributed by atoms with E-state index in [-0.39, 0.29) is 0 Å². The lowest BCUT2D eigenvalue weighted by molar-refractivity contribution is 0.0528. The van der Waals surface area contributed by atoms with Gasteiger partial charge in [-0.05, 0) is 24.1 Å². The minimum absolute atomic E-state index is 0.310. The van der Waals surface area contributed by atoms with Gasteiger partial charge in [-0.1, -0.05) is 60.7 Å². The lowest BCUT2D eigenvalue weighted by Crippen LogP contribution is -2.24. The Morgan fingerprint density at radius 2 is 1.59 bits per heavy atom. The Balaban J connectivity index is 1.75. The van der Waals surface area contributed by atoms with Crippen LogP contribution in [0.25, 0.3) is 5.65 Å². The second-order valence-electron chi connectivity index (χ2n) is 6.64. The first-order valence-electron chi connectivity index (χ1n) is 9.59. The Hall–Kier alpha value is -3.67. The van der Waals surface area contributed by atoms with Crippen molar-refractivity contribution >= 4 is 17.4 Å². The molecule has 0 radical (unpaired) electrons. The monoisotopic (exact) mass is 386 g/mol. The van der Waals surface area contributed by atoms with E-state index in [1.54, 1.807) is 17.6 Å². The molecule has 6 heteroatoms. The fourth-order valence-corrected chi connectivity index (χ4v) is 3.30. The van der Waals surface area contributed by atoms with Crippen LogP contribution in [-0.4, -0.2) is 27.2 Å². The minimum atomic E-state index is -0.412. The molecule has 4 rings (SSSR count). The van der Waals surface area contributed by atoms with E-state index in [1.807, 2.05) is 42.5 Å². The molecule has 0 saturated carbocycles. The second-order valence-corrected chi connectivity index (χ2v) is 6.64. The quantitative estimate of drug-likeness (QED) is 0.447. The largest absolute Gasteiger partial charge is 0.462 e. The van der Waals surface area contributed by atoms with Crippen molar-refractivity contribution in [2.75, 3.05) is 11.5 Å². The van der Waals surface area contributed by atoms with Gasteiger partial charge in [0, 0.05) is 19.3 Å². The number of hydrogen-bond donors (Lipinski definition) is 0. The molecule has 2 aromatic carbocycles. The van der Waals surface area contributed by atoms with Crippen LogP contribution in [0.4, 0.5) is 5.82 Å². The van der Waals surface area contributed by atoms with Gasteiger partial charge in [-0.25, -0.2) is 9.78 Å². The molecular formula is C23H22N4O2. The summed E-state index contributed by atoms with van der Waals surface area (Å²) in [5.41, 5.74) is 3.23. The van der Waals surface area contributed by atoms with Crippen LogP contribution < -0.4 is 4.90 Å². The SMILES string of the molecule is CCOC(=O)c1cnn2c(N(Cc3ccccc3)Cc3ccccc3)ccnc12. The third-order valence-corrected chi connectivity index (χ3v) is 4.63.